The van der Waals surface area contributed by atoms with Crippen molar-refractivity contribution >= 4 is 11.9 Å². The highest BCUT2D eigenvalue weighted by Crippen LogP contribution is 2.26. The molecule has 2 atom stereocenters. The molecule has 3 aromatic rings. The average Bonchev–Trinajstić information content (AvgIpc) is 3.89. The van der Waals surface area contributed by atoms with E-state index in [4.69, 9.17) is 33.2 Å². The van der Waals surface area contributed by atoms with E-state index in [1.54, 1.807) is 73.7 Å². The first kappa shape index (κ1) is 27.6. The highest BCUT2D eigenvalue weighted by Gasteiger charge is 2.23. The summed E-state index contributed by atoms with van der Waals surface area (Å²) in [6.45, 7) is 5.72. The van der Waals surface area contributed by atoms with Gasteiger partial charge in [-0.1, -0.05) is 0 Å². The highest BCUT2D eigenvalue weighted by molar-refractivity contribution is 5.92. The zero-order valence-corrected chi connectivity index (χ0v) is 22.3. The Balaban J connectivity index is 1.05. The van der Waals surface area contributed by atoms with Gasteiger partial charge in [0.15, 0.2) is 0 Å². The van der Waals surface area contributed by atoms with Crippen molar-refractivity contribution in [1.82, 2.24) is 0 Å². The number of benzene rings is 3. The van der Waals surface area contributed by atoms with Crippen molar-refractivity contribution in [2.24, 2.45) is 0 Å². The lowest BCUT2D eigenvalue weighted by Gasteiger charge is -2.11. The summed E-state index contributed by atoms with van der Waals surface area (Å²) < 4.78 is 38.1. The first-order valence-corrected chi connectivity index (χ1v) is 13.4. The van der Waals surface area contributed by atoms with Crippen LogP contribution in [0.1, 0.15) is 39.1 Å². The van der Waals surface area contributed by atoms with Gasteiger partial charge in [0, 0.05) is 6.61 Å². The van der Waals surface area contributed by atoms with E-state index in [9.17, 15) is 9.59 Å². The minimum atomic E-state index is -0.499. The standard InChI is InChI=1S/C31H32O9/c1-21-16-26(39-30(32)22-6-10-25(11-7-22)36-19-28-20-38-28)12-13-29(21)40-31(33)23-4-8-24(9-5-23)35-15-3-2-14-34-17-27-18-37-27/h4-13,16,27-28H,2-3,14-15,17-20H2,1H3. The molecule has 210 valence electrons. The van der Waals surface area contributed by atoms with E-state index in [1.165, 1.54) is 0 Å². The Morgan fingerprint density at radius 3 is 1.88 bits per heavy atom. The fraction of sp³-hybridized carbons (Fsp3) is 0.355. The molecule has 0 amide bonds. The van der Waals surface area contributed by atoms with Crippen LogP contribution in [0.5, 0.6) is 23.0 Å². The fourth-order valence-electron chi connectivity index (χ4n) is 3.73. The van der Waals surface area contributed by atoms with E-state index >= 15 is 0 Å². The summed E-state index contributed by atoms with van der Waals surface area (Å²) in [6.07, 6.45) is 2.23. The molecule has 5 rings (SSSR count). The van der Waals surface area contributed by atoms with Gasteiger partial charge in [-0.2, -0.15) is 0 Å². The molecule has 0 radical (unpaired) electrons. The van der Waals surface area contributed by atoms with Gasteiger partial charge < -0.3 is 33.2 Å². The summed E-state index contributed by atoms with van der Waals surface area (Å²) in [4.78, 5) is 25.2. The van der Waals surface area contributed by atoms with Gasteiger partial charge in [0.25, 0.3) is 0 Å². The fourth-order valence-corrected chi connectivity index (χ4v) is 3.73. The van der Waals surface area contributed by atoms with Crippen LogP contribution >= 0.6 is 0 Å². The zero-order valence-electron chi connectivity index (χ0n) is 22.3. The molecule has 2 aliphatic rings. The van der Waals surface area contributed by atoms with Crippen molar-refractivity contribution in [3.63, 3.8) is 0 Å². The maximum Gasteiger partial charge on any atom is 0.343 e. The van der Waals surface area contributed by atoms with Gasteiger partial charge in [-0.25, -0.2) is 9.59 Å². The zero-order chi connectivity index (χ0) is 27.7. The van der Waals surface area contributed by atoms with Gasteiger partial charge in [-0.3, -0.25) is 0 Å². The topological polar surface area (TPSA) is 105 Å². The molecule has 40 heavy (non-hydrogen) atoms. The maximum absolute atomic E-state index is 12.7. The average molecular weight is 549 g/mol. The number of epoxide rings is 2. The molecule has 0 N–H and O–H groups in total. The van der Waals surface area contributed by atoms with Gasteiger partial charge in [0.05, 0.1) is 37.6 Å². The Morgan fingerprint density at radius 2 is 1.25 bits per heavy atom. The van der Waals surface area contributed by atoms with Crippen molar-refractivity contribution < 1.29 is 42.7 Å². The number of hydrogen-bond acceptors (Lipinski definition) is 9. The summed E-state index contributed by atoms with van der Waals surface area (Å²) in [5, 5.41) is 0. The molecule has 2 heterocycles. The third-order valence-electron chi connectivity index (χ3n) is 6.24. The second-order valence-corrected chi connectivity index (χ2v) is 9.61. The quantitative estimate of drug-likeness (QED) is 0.115. The smallest absolute Gasteiger partial charge is 0.343 e. The summed E-state index contributed by atoms with van der Waals surface area (Å²) in [6, 6.07) is 18.4. The van der Waals surface area contributed by atoms with Gasteiger partial charge in [0.1, 0.15) is 41.8 Å². The third kappa shape index (κ3) is 8.54. The molecule has 2 saturated heterocycles. The lowest BCUT2D eigenvalue weighted by atomic mass is 10.2. The number of ether oxygens (including phenoxy) is 7. The first-order chi connectivity index (χ1) is 19.5. The Hall–Kier alpha value is -3.92. The largest absolute Gasteiger partial charge is 0.494 e. The predicted octanol–water partition coefficient (Wildman–Crippen LogP) is 4.79. The van der Waals surface area contributed by atoms with Crippen LogP contribution in [0.15, 0.2) is 66.7 Å². The maximum atomic E-state index is 12.7. The summed E-state index contributed by atoms with van der Waals surface area (Å²) in [5.74, 6) is 1.07. The molecule has 2 unspecified atom stereocenters. The van der Waals surface area contributed by atoms with Crippen LogP contribution in [-0.2, 0) is 14.2 Å². The molecule has 9 heteroatoms. The Labute approximate surface area is 232 Å². The predicted molar refractivity (Wildman–Crippen MR) is 145 cm³/mol. The van der Waals surface area contributed by atoms with Crippen LogP contribution in [0.3, 0.4) is 0 Å². The first-order valence-electron chi connectivity index (χ1n) is 13.4. The van der Waals surface area contributed by atoms with E-state index in [1.807, 2.05) is 0 Å². The minimum absolute atomic E-state index is 0.161. The van der Waals surface area contributed by atoms with Crippen molar-refractivity contribution in [3.05, 3.63) is 83.4 Å². The summed E-state index contributed by atoms with van der Waals surface area (Å²) in [7, 11) is 0. The van der Waals surface area contributed by atoms with Crippen molar-refractivity contribution in [2.45, 2.75) is 32.0 Å². The molecule has 2 aliphatic heterocycles. The number of aryl methyl sites for hydroxylation is 1. The molecule has 0 aromatic heterocycles. The van der Waals surface area contributed by atoms with E-state index in [0.717, 1.165) is 26.1 Å². The highest BCUT2D eigenvalue weighted by atomic mass is 16.6. The number of carbonyl (C=O) groups excluding carboxylic acids is 2. The number of esters is 2. The summed E-state index contributed by atoms with van der Waals surface area (Å²) in [5.41, 5.74) is 1.44. The Kier molecular flexibility index (Phi) is 9.28. The van der Waals surface area contributed by atoms with Crippen molar-refractivity contribution in [1.29, 1.82) is 0 Å². The molecule has 0 saturated carbocycles. The van der Waals surface area contributed by atoms with Crippen LogP contribution < -0.4 is 18.9 Å². The lowest BCUT2D eigenvalue weighted by molar-refractivity contribution is 0.0718. The number of hydrogen-bond donors (Lipinski definition) is 0. The lowest BCUT2D eigenvalue weighted by Crippen LogP contribution is -2.11. The molecular formula is C31H32O9. The second-order valence-electron chi connectivity index (χ2n) is 9.61. The van der Waals surface area contributed by atoms with Crippen molar-refractivity contribution in [2.75, 3.05) is 39.6 Å². The molecule has 0 aliphatic carbocycles. The van der Waals surface area contributed by atoms with Crippen LogP contribution in [0, 0.1) is 6.92 Å². The van der Waals surface area contributed by atoms with Gasteiger partial charge in [-0.05, 0) is 92.1 Å². The van der Waals surface area contributed by atoms with E-state index < -0.39 is 11.9 Å². The van der Waals surface area contributed by atoms with Gasteiger partial charge in [-0.15, -0.1) is 0 Å². The van der Waals surface area contributed by atoms with E-state index in [0.29, 0.717) is 66.1 Å². The Bertz CT molecular complexity index is 1280. The third-order valence-corrected chi connectivity index (χ3v) is 6.24. The number of rotatable bonds is 15. The molecule has 0 spiro atoms. The molecular weight excluding hydrogens is 516 g/mol. The summed E-state index contributed by atoms with van der Waals surface area (Å²) >= 11 is 0. The molecule has 2 fully saturated rings. The van der Waals surface area contributed by atoms with E-state index in [2.05, 4.69) is 0 Å². The second kappa shape index (κ2) is 13.4. The van der Waals surface area contributed by atoms with Crippen LogP contribution in [0.25, 0.3) is 0 Å². The molecule has 0 bridgehead atoms. The van der Waals surface area contributed by atoms with Gasteiger partial charge >= 0.3 is 11.9 Å². The van der Waals surface area contributed by atoms with Gasteiger partial charge in [0.2, 0.25) is 0 Å². The molecule has 3 aromatic carbocycles. The van der Waals surface area contributed by atoms with Crippen LogP contribution in [0.4, 0.5) is 0 Å². The van der Waals surface area contributed by atoms with E-state index in [-0.39, 0.29) is 12.2 Å². The van der Waals surface area contributed by atoms with Crippen molar-refractivity contribution in [3.8, 4) is 23.0 Å². The Morgan fingerprint density at radius 1 is 0.700 bits per heavy atom. The number of unbranched alkanes of at least 4 members (excludes halogenated alkanes) is 1. The normalized spacial score (nSPS) is 17.1. The SMILES string of the molecule is Cc1cc(OC(=O)c2ccc(OCC3CO3)cc2)ccc1OC(=O)c1ccc(OCCCCOCC2CO2)cc1. The van der Waals surface area contributed by atoms with Crippen LogP contribution in [0.2, 0.25) is 0 Å². The molecule has 9 nitrogen and oxygen atoms in total. The minimum Gasteiger partial charge on any atom is -0.494 e. The van der Waals surface area contributed by atoms with Crippen LogP contribution in [-0.4, -0.2) is 63.8 Å². The monoisotopic (exact) mass is 548 g/mol. The number of carbonyl (C=O) groups is 2.